The van der Waals surface area contributed by atoms with Gasteiger partial charge in [0.1, 0.15) is 0 Å². The predicted octanol–water partition coefficient (Wildman–Crippen LogP) is 2.83. The van der Waals surface area contributed by atoms with Gasteiger partial charge >= 0.3 is 5.97 Å². The fourth-order valence-corrected chi connectivity index (χ4v) is 2.12. The van der Waals surface area contributed by atoms with Gasteiger partial charge < -0.3 is 10.4 Å². The number of nitrogens with one attached hydrogen (secondary N) is 1. The van der Waals surface area contributed by atoms with Gasteiger partial charge in [0, 0.05) is 10.1 Å². The molecule has 4 nitrogen and oxygen atoms in total. The first-order chi connectivity index (χ1) is 8.75. The van der Waals surface area contributed by atoms with Crippen molar-refractivity contribution in [3.05, 3.63) is 32.9 Å². The van der Waals surface area contributed by atoms with Crippen LogP contribution in [0.1, 0.15) is 36.2 Å². The lowest BCUT2D eigenvalue weighted by atomic mass is 9.90. The van der Waals surface area contributed by atoms with Crippen molar-refractivity contribution >= 4 is 34.5 Å². The highest BCUT2D eigenvalue weighted by Crippen LogP contribution is 2.20. The first-order valence-electron chi connectivity index (χ1n) is 6.02. The molecular weight excluding hydrogens is 357 g/mol. The zero-order chi connectivity index (χ0) is 14.6. The number of carboxylic acid groups (broad SMARTS) is 1. The van der Waals surface area contributed by atoms with Gasteiger partial charge in [0.15, 0.2) is 0 Å². The monoisotopic (exact) mass is 375 g/mol. The Labute approximate surface area is 126 Å². The van der Waals surface area contributed by atoms with Crippen LogP contribution in [0, 0.1) is 15.9 Å². The molecule has 0 saturated heterocycles. The van der Waals surface area contributed by atoms with Crippen LogP contribution in [-0.4, -0.2) is 23.5 Å². The van der Waals surface area contributed by atoms with Crippen LogP contribution in [0.2, 0.25) is 0 Å². The van der Waals surface area contributed by atoms with Crippen molar-refractivity contribution in [2.75, 3.05) is 6.54 Å². The summed E-state index contributed by atoms with van der Waals surface area (Å²) in [5.41, 5.74) is 0.861. The molecule has 1 aromatic carbocycles. The number of carbonyl (C=O) groups excluding carboxylic acids is 1. The predicted molar refractivity (Wildman–Crippen MR) is 82.3 cm³/mol. The molecule has 0 aliphatic carbocycles. The second kappa shape index (κ2) is 6.36. The van der Waals surface area contributed by atoms with Gasteiger partial charge in [-0.2, -0.15) is 0 Å². The van der Waals surface area contributed by atoms with Crippen LogP contribution in [0.3, 0.4) is 0 Å². The minimum absolute atomic E-state index is 0.158. The van der Waals surface area contributed by atoms with Gasteiger partial charge in [-0.05, 0) is 61.4 Å². The number of halogens is 1. The van der Waals surface area contributed by atoms with Crippen LogP contribution in [0.5, 0.6) is 0 Å². The van der Waals surface area contributed by atoms with Crippen LogP contribution in [0.4, 0.5) is 0 Å². The largest absolute Gasteiger partial charge is 0.481 e. The van der Waals surface area contributed by atoms with Crippen molar-refractivity contribution in [1.82, 2.24) is 5.32 Å². The number of hydrogen-bond acceptors (Lipinski definition) is 2. The molecule has 104 valence electrons. The van der Waals surface area contributed by atoms with E-state index in [1.54, 1.807) is 19.9 Å². The zero-order valence-corrected chi connectivity index (χ0v) is 13.4. The van der Waals surface area contributed by atoms with Gasteiger partial charge in [0.2, 0.25) is 0 Å². The van der Waals surface area contributed by atoms with Gasteiger partial charge in [-0.25, -0.2) is 0 Å². The van der Waals surface area contributed by atoms with Crippen LogP contribution in [-0.2, 0) is 4.79 Å². The SMILES string of the molecule is Cc1cccc(C(=O)NCCC(C)(C)C(=O)O)c1I. The Kier molecular flexibility index (Phi) is 5.34. The van der Waals surface area contributed by atoms with Crippen LogP contribution in [0.25, 0.3) is 0 Å². The number of hydrogen-bond donors (Lipinski definition) is 2. The molecule has 2 N–H and O–H groups in total. The third-order valence-electron chi connectivity index (χ3n) is 3.05. The summed E-state index contributed by atoms with van der Waals surface area (Å²) in [6, 6.07) is 5.56. The molecule has 19 heavy (non-hydrogen) atoms. The van der Waals surface area contributed by atoms with E-state index in [1.165, 1.54) is 0 Å². The third-order valence-corrected chi connectivity index (χ3v) is 4.48. The first kappa shape index (κ1) is 15.9. The second-order valence-corrected chi connectivity index (χ2v) is 6.21. The number of amides is 1. The summed E-state index contributed by atoms with van der Waals surface area (Å²) in [5.74, 6) is -1.01. The molecule has 0 fully saturated rings. The number of benzene rings is 1. The average molecular weight is 375 g/mol. The molecular formula is C14H18INO3. The number of aryl methyl sites for hydroxylation is 1. The summed E-state index contributed by atoms with van der Waals surface area (Å²) in [5, 5.41) is 11.8. The Bertz CT molecular complexity index is 497. The third kappa shape index (κ3) is 4.19. The van der Waals surface area contributed by atoms with Gasteiger partial charge in [-0.15, -0.1) is 0 Å². The van der Waals surface area contributed by atoms with Gasteiger partial charge in [-0.1, -0.05) is 12.1 Å². The molecule has 0 heterocycles. The van der Waals surface area contributed by atoms with E-state index in [0.717, 1.165) is 9.13 Å². The normalized spacial score (nSPS) is 11.2. The van der Waals surface area contributed by atoms with Crippen LogP contribution >= 0.6 is 22.6 Å². The molecule has 0 atom stereocenters. The topological polar surface area (TPSA) is 66.4 Å². The minimum atomic E-state index is -0.855. The molecule has 0 bridgehead atoms. The molecule has 0 radical (unpaired) electrons. The summed E-state index contributed by atoms with van der Waals surface area (Å²) in [6.07, 6.45) is 0.399. The molecule has 0 aromatic heterocycles. The van der Waals surface area contributed by atoms with Crippen LogP contribution < -0.4 is 5.32 Å². The second-order valence-electron chi connectivity index (χ2n) is 5.13. The van der Waals surface area contributed by atoms with E-state index in [2.05, 4.69) is 27.9 Å². The quantitative estimate of drug-likeness (QED) is 0.778. The van der Waals surface area contributed by atoms with Crippen molar-refractivity contribution < 1.29 is 14.7 Å². The van der Waals surface area contributed by atoms with Crippen molar-refractivity contribution in [1.29, 1.82) is 0 Å². The number of carbonyl (C=O) groups is 2. The fourth-order valence-electron chi connectivity index (χ4n) is 1.51. The standard InChI is InChI=1S/C14H18INO3/c1-9-5-4-6-10(11(9)15)12(17)16-8-7-14(2,3)13(18)19/h4-6H,7-8H2,1-3H3,(H,16,17)(H,18,19). The van der Waals surface area contributed by atoms with E-state index in [9.17, 15) is 9.59 Å². The first-order valence-corrected chi connectivity index (χ1v) is 7.10. The van der Waals surface area contributed by atoms with Crippen molar-refractivity contribution in [3.8, 4) is 0 Å². The number of rotatable bonds is 5. The average Bonchev–Trinajstić information content (AvgIpc) is 2.32. The van der Waals surface area contributed by atoms with E-state index in [4.69, 9.17) is 5.11 Å². The maximum Gasteiger partial charge on any atom is 0.309 e. The van der Waals surface area contributed by atoms with Crippen molar-refractivity contribution in [2.24, 2.45) is 5.41 Å². The lowest BCUT2D eigenvalue weighted by Gasteiger charge is -2.19. The van der Waals surface area contributed by atoms with E-state index in [0.29, 0.717) is 18.5 Å². The molecule has 0 aliphatic rings. The maximum atomic E-state index is 12.0. The van der Waals surface area contributed by atoms with Gasteiger partial charge in [-0.3, -0.25) is 9.59 Å². The van der Waals surface area contributed by atoms with Crippen molar-refractivity contribution in [3.63, 3.8) is 0 Å². The maximum absolute atomic E-state index is 12.0. The van der Waals surface area contributed by atoms with E-state index >= 15 is 0 Å². The molecule has 1 aromatic rings. The minimum Gasteiger partial charge on any atom is -0.481 e. The van der Waals surface area contributed by atoms with Crippen LogP contribution in [0.15, 0.2) is 18.2 Å². The molecule has 5 heteroatoms. The lowest BCUT2D eigenvalue weighted by molar-refractivity contribution is -0.147. The molecule has 1 rings (SSSR count). The van der Waals surface area contributed by atoms with Crippen molar-refractivity contribution in [2.45, 2.75) is 27.2 Å². The fraction of sp³-hybridized carbons (Fsp3) is 0.429. The van der Waals surface area contributed by atoms with Gasteiger partial charge in [0.25, 0.3) is 5.91 Å². The Morgan fingerprint density at radius 2 is 2.00 bits per heavy atom. The smallest absolute Gasteiger partial charge is 0.309 e. The highest BCUT2D eigenvalue weighted by Gasteiger charge is 2.26. The Hall–Kier alpha value is -1.11. The Balaban J connectivity index is 2.62. The highest BCUT2D eigenvalue weighted by molar-refractivity contribution is 14.1. The number of aliphatic carboxylic acids is 1. The lowest BCUT2D eigenvalue weighted by Crippen LogP contribution is -2.32. The highest BCUT2D eigenvalue weighted by atomic mass is 127. The van der Waals surface area contributed by atoms with E-state index in [-0.39, 0.29) is 5.91 Å². The molecule has 1 amide bonds. The summed E-state index contributed by atoms with van der Waals surface area (Å²) in [7, 11) is 0. The molecule has 0 aliphatic heterocycles. The van der Waals surface area contributed by atoms with Gasteiger partial charge in [0.05, 0.1) is 11.0 Å². The molecule has 0 unspecified atom stereocenters. The Morgan fingerprint density at radius 1 is 1.37 bits per heavy atom. The molecule has 0 spiro atoms. The number of carboxylic acids is 1. The summed E-state index contributed by atoms with van der Waals surface area (Å²) in [6.45, 7) is 5.60. The van der Waals surface area contributed by atoms with E-state index < -0.39 is 11.4 Å². The zero-order valence-electron chi connectivity index (χ0n) is 11.3. The summed E-state index contributed by atoms with van der Waals surface area (Å²) >= 11 is 2.14. The Morgan fingerprint density at radius 3 is 2.58 bits per heavy atom. The molecule has 0 saturated carbocycles. The van der Waals surface area contributed by atoms with E-state index in [1.807, 2.05) is 19.1 Å². The summed E-state index contributed by atoms with van der Waals surface area (Å²) < 4.78 is 0.926. The summed E-state index contributed by atoms with van der Waals surface area (Å²) in [4.78, 5) is 23.0.